The minimum atomic E-state index is -0.829. The molecule has 0 aromatic carbocycles. The molecular formula is C12H15ClN2O3. The van der Waals surface area contributed by atoms with Crippen LogP contribution in [0.1, 0.15) is 36.7 Å². The molecule has 0 radical (unpaired) electrons. The molecule has 0 saturated heterocycles. The van der Waals surface area contributed by atoms with E-state index in [2.05, 4.69) is 10.3 Å². The van der Waals surface area contributed by atoms with E-state index < -0.39 is 5.97 Å². The molecule has 0 spiro atoms. The standard InChI is InChI=1S/C12H15ClN2O3/c1-8(4-2-7-11(16)17)14-12(18)9-5-3-6-10(13)15-9/h3,5-6,8H,2,4,7H2,1H3,(H,14,18)(H,16,17). The molecule has 18 heavy (non-hydrogen) atoms. The lowest BCUT2D eigenvalue weighted by Gasteiger charge is -2.12. The third-order valence-electron chi connectivity index (χ3n) is 2.35. The summed E-state index contributed by atoms with van der Waals surface area (Å²) in [4.78, 5) is 26.0. The first-order chi connectivity index (χ1) is 8.49. The molecule has 1 atom stereocenters. The largest absolute Gasteiger partial charge is 0.481 e. The van der Waals surface area contributed by atoms with E-state index in [-0.39, 0.29) is 29.2 Å². The lowest BCUT2D eigenvalue weighted by molar-refractivity contribution is -0.137. The Kier molecular flexibility index (Phi) is 5.58. The molecule has 0 aliphatic carbocycles. The number of carboxylic acid groups (broad SMARTS) is 1. The van der Waals surface area contributed by atoms with Crippen LogP contribution in [0.2, 0.25) is 5.15 Å². The van der Waals surface area contributed by atoms with Crippen LogP contribution in [0.3, 0.4) is 0 Å². The molecule has 0 aliphatic rings. The minimum absolute atomic E-state index is 0.0994. The van der Waals surface area contributed by atoms with Crippen molar-refractivity contribution in [3.05, 3.63) is 29.0 Å². The average Bonchev–Trinajstić information content (AvgIpc) is 2.28. The van der Waals surface area contributed by atoms with Crippen LogP contribution >= 0.6 is 11.6 Å². The van der Waals surface area contributed by atoms with Crippen molar-refractivity contribution in [3.8, 4) is 0 Å². The second kappa shape index (κ2) is 6.96. The number of amides is 1. The fourth-order valence-electron chi connectivity index (χ4n) is 1.46. The van der Waals surface area contributed by atoms with Gasteiger partial charge >= 0.3 is 5.97 Å². The predicted molar refractivity (Wildman–Crippen MR) is 67.7 cm³/mol. The van der Waals surface area contributed by atoms with E-state index in [9.17, 15) is 9.59 Å². The first kappa shape index (κ1) is 14.4. The monoisotopic (exact) mass is 270 g/mol. The number of aromatic nitrogens is 1. The number of hydrogen-bond acceptors (Lipinski definition) is 3. The Balaban J connectivity index is 2.42. The molecule has 1 amide bonds. The topological polar surface area (TPSA) is 79.3 Å². The highest BCUT2D eigenvalue weighted by molar-refractivity contribution is 6.29. The van der Waals surface area contributed by atoms with E-state index in [1.54, 1.807) is 18.2 Å². The van der Waals surface area contributed by atoms with Crippen molar-refractivity contribution in [1.82, 2.24) is 10.3 Å². The number of rotatable bonds is 6. The average molecular weight is 271 g/mol. The van der Waals surface area contributed by atoms with Crippen molar-refractivity contribution < 1.29 is 14.7 Å². The van der Waals surface area contributed by atoms with Crippen molar-refractivity contribution in [3.63, 3.8) is 0 Å². The summed E-state index contributed by atoms with van der Waals surface area (Å²) in [5, 5.41) is 11.5. The normalized spacial score (nSPS) is 11.9. The molecule has 1 unspecified atom stereocenters. The Bertz CT molecular complexity index is 437. The number of hydrogen-bond donors (Lipinski definition) is 2. The van der Waals surface area contributed by atoms with Crippen LogP contribution in [-0.4, -0.2) is 28.0 Å². The molecule has 6 heteroatoms. The van der Waals surface area contributed by atoms with E-state index in [1.807, 2.05) is 6.92 Å². The van der Waals surface area contributed by atoms with Gasteiger partial charge in [0.2, 0.25) is 0 Å². The quantitative estimate of drug-likeness (QED) is 0.776. The summed E-state index contributed by atoms with van der Waals surface area (Å²) in [6, 6.07) is 4.72. The SMILES string of the molecule is CC(CCCC(=O)O)NC(=O)c1cccc(Cl)n1. The molecule has 0 saturated carbocycles. The van der Waals surface area contributed by atoms with Crippen molar-refractivity contribution in [1.29, 1.82) is 0 Å². The summed E-state index contributed by atoms with van der Waals surface area (Å²) in [5.41, 5.74) is 0.257. The number of halogens is 1. The van der Waals surface area contributed by atoms with Gasteiger partial charge in [0.05, 0.1) is 0 Å². The maximum absolute atomic E-state index is 11.8. The van der Waals surface area contributed by atoms with Gasteiger partial charge in [0, 0.05) is 12.5 Å². The van der Waals surface area contributed by atoms with Crippen LogP contribution in [0.25, 0.3) is 0 Å². The Hall–Kier alpha value is -1.62. The van der Waals surface area contributed by atoms with Crippen molar-refractivity contribution in [2.24, 2.45) is 0 Å². The van der Waals surface area contributed by atoms with Crippen molar-refractivity contribution in [2.75, 3.05) is 0 Å². The van der Waals surface area contributed by atoms with E-state index in [0.29, 0.717) is 12.8 Å². The van der Waals surface area contributed by atoms with Gasteiger partial charge in [-0.15, -0.1) is 0 Å². The summed E-state index contributed by atoms with van der Waals surface area (Å²) in [5.74, 6) is -1.13. The molecule has 0 bridgehead atoms. The van der Waals surface area contributed by atoms with Gasteiger partial charge < -0.3 is 10.4 Å². The van der Waals surface area contributed by atoms with Crippen molar-refractivity contribution >= 4 is 23.5 Å². The van der Waals surface area contributed by atoms with Gasteiger partial charge in [-0.25, -0.2) is 4.98 Å². The molecule has 5 nitrogen and oxygen atoms in total. The molecule has 1 aromatic heterocycles. The molecule has 1 heterocycles. The molecule has 98 valence electrons. The first-order valence-corrected chi connectivity index (χ1v) is 6.02. The van der Waals surface area contributed by atoms with Gasteiger partial charge in [0.25, 0.3) is 5.91 Å². The molecular weight excluding hydrogens is 256 g/mol. The smallest absolute Gasteiger partial charge is 0.303 e. The van der Waals surface area contributed by atoms with Crippen molar-refractivity contribution in [2.45, 2.75) is 32.2 Å². The Morgan fingerprint density at radius 1 is 1.50 bits per heavy atom. The third-order valence-corrected chi connectivity index (χ3v) is 2.56. The van der Waals surface area contributed by atoms with Gasteiger partial charge in [-0.05, 0) is 31.9 Å². The van der Waals surface area contributed by atoms with Crippen LogP contribution in [0.15, 0.2) is 18.2 Å². The lowest BCUT2D eigenvalue weighted by Crippen LogP contribution is -2.33. The van der Waals surface area contributed by atoms with Crippen LogP contribution < -0.4 is 5.32 Å². The van der Waals surface area contributed by atoms with E-state index >= 15 is 0 Å². The van der Waals surface area contributed by atoms with Gasteiger partial charge in [-0.1, -0.05) is 17.7 Å². The van der Waals surface area contributed by atoms with Gasteiger partial charge in [0.15, 0.2) is 0 Å². The highest BCUT2D eigenvalue weighted by atomic mass is 35.5. The summed E-state index contributed by atoms with van der Waals surface area (Å²) < 4.78 is 0. The fourth-order valence-corrected chi connectivity index (χ4v) is 1.63. The second-order valence-corrected chi connectivity index (χ2v) is 4.39. The second-order valence-electron chi connectivity index (χ2n) is 4.01. The zero-order chi connectivity index (χ0) is 13.5. The molecule has 1 aromatic rings. The number of carbonyl (C=O) groups excluding carboxylic acids is 1. The zero-order valence-corrected chi connectivity index (χ0v) is 10.8. The number of pyridine rings is 1. The predicted octanol–water partition coefficient (Wildman–Crippen LogP) is 2.11. The summed E-state index contributed by atoms with van der Waals surface area (Å²) in [6.45, 7) is 1.82. The van der Waals surface area contributed by atoms with Crippen LogP contribution in [0.5, 0.6) is 0 Å². The summed E-state index contributed by atoms with van der Waals surface area (Å²) in [7, 11) is 0. The lowest BCUT2D eigenvalue weighted by atomic mass is 10.1. The van der Waals surface area contributed by atoms with E-state index in [1.165, 1.54) is 0 Å². The fraction of sp³-hybridized carbons (Fsp3) is 0.417. The number of nitrogens with one attached hydrogen (secondary N) is 1. The molecule has 0 aliphatic heterocycles. The highest BCUT2D eigenvalue weighted by Gasteiger charge is 2.11. The van der Waals surface area contributed by atoms with Gasteiger partial charge in [-0.3, -0.25) is 9.59 Å². The maximum Gasteiger partial charge on any atom is 0.303 e. The minimum Gasteiger partial charge on any atom is -0.481 e. The Morgan fingerprint density at radius 3 is 2.83 bits per heavy atom. The third kappa shape index (κ3) is 5.14. The molecule has 2 N–H and O–H groups in total. The number of carbonyl (C=O) groups is 2. The first-order valence-electron chi connectivity index (χ1n) is 5.64. The highest BCUT2D eigenvalue weighted by Crippen LogP contribution is 2.06. The van der Waals surface area contributed by atoms with Gasteiger partial charge in [0.1, 0.15) is 10.8 Å². The van der Waals surface area contributed by atoms with E-state index in [0.717, 1.165) is 0 Å². The molecule has 0 fully saturated rings. The number of nitrogens with zero attached hydrogens (tertiary/aromatic N) is 1. The summed E-state index contributed by atoms with van der Waals surface area (Å²) >= 11 is 5.69. The maximum atomic E-state index is 11.8. The molecule has 1 rings (SSSR count). The number of aliphatic carboxylic acids is 1. The summed E-state index contributed by atoms with van der Waals surface area (Å²) in [6.07, 6.45) is 1.24. The Morgan fingerprint density at radius 2 is 2.22 bits per heavy atom. The number of carboxylic acids is 1. The van der Waals surface area contributed by atoms with Crippen LogP contribution in [-0.2, 0) is 4.79 Å². The van der Waals surface area contributed by atoms with Gasteiger partial charge in [-0.2, -0.15) is 0 Å². The zero-order valence-electron chi connectivity index (χ0n) is 10.0. The van der Waals surface area contributed by atoms with Crippen LogP contribution in [0.4, 0.5) is 0 Å². The Labute approximate surface area is 110 Å². The van der Waals surface area contributed by atoms with Crippen LogP contribution in [0, 0.1) is 0 Å². The van der Waals surface area contributed by atoms with E-state index in [4.69, 9.17) is 16.7 Å².